The van der Waals surface area contributed by atoms with Gasteiger partial charge in [-0.25, -0.2) is 0 Å². The van der Waals surface area contributed by atoms with Crippen LogP contribution in [0.15, 0.2) is 70.6 Å². The summed E-state index contributed by atoms with van der Waals surface area (Å²) in [7, 11) is 0. The number of aromatic carboxylic acids is 2. The second kappa shape index (κ2) is 40.2. The number of carboxylic acid groups (broad SMARTS) is 2. The maximum absolute atomic E-state index is 11.1. The van der Waals surface area contributed by atoms with E-state index in [1.165, 1.54) is 112 Å². The van der Waals surface area contributed by atoms with Crippen molar-refractivity contribution in [2.45, 2.75) is 235 Å². The maximum Gasteiger partial charge on any atom is 2.00 e. The Labute approximate surface area is 462 Å². The molecule has 0 fully saturated rings. The van der Waals surface area contributed by atoms with Gasteiger partial charge < -0.3 is 40.2 Å². The average Bonchev–Trinajstić information content (AvgIpc) is 3.38. The summed E-state index contributed by atoms with van der Waals surface area (Å²) in [5.74, 6) is -4.82. The van der Waals surface area contributed by atoms with E-state index < -0.39 is 34.9 Å². The van der Waals surface area contributed by atoms with E-state index in [9.17, 15) is 40.2 Å². The number of phenolic OH excluding ortho intramolecular Hbond substituents is 2. The number of hydrogen-bond donors (Lipinski definition) is 4. The Balaban J connectivity index is 0.000000632. The van der Waals surface area contributed by atoms with Gasteiger partial charge in [0.1, 0.15) is 0 Å². The second-order valence-corrected chi connectivity index (χ2v) is 19.8. The first-order valence-electron chi connectivity index (χ1n) is 28.6. The summed E-state index contributed by atoms with van der Waals surface area (Å²) < 4.78 is 0. The molecular formula is C64H94N2NiO8. The number of nitrogens with zero attached hydrogens (tertiary/aromatic N) is 2. The number of aromatic hydroxyl groups is 4. The molecule has 4 aromatic rings. The topological polar surface area (TPSA) is 186 Å². The van der Waals surface area contributed by atoms with E-state index in [0.29, 0.717) is 36.8 Å². The summed E-state index contributed by atoms with van der Waals surface area (Å²) in [6.45, 7) is 17.1. The van der Waals surface area contributed by atoms with Gasteiger partial charge in [0.25, 0.3) is 0 Å². The van der Waals surface area contributed by atoms with Crippen LogP contribution in [0.2, 0.25) is 0 Å². The molecule has 10 nitrogen and oxygen atoms in total. The minimum absolute atomic E-state index is 0. The minimum atomic E-state index is -1.44. The first-order valence-corrected chi connectivity index (χ1v) is 28.6. The van der Waals surface area contributed by atoms with Gasteiger partial charge in [0.05, 0.1) is 34.7 Å². The molecular weight excluding hydrogens is 983 g/mol. The van der Waals surface area contributed by atoms with Crippen LogP contribution in [0, 0.1) is 0 Å². The summed E-state index contributed by atoms with van der Waals surface area (Å²) in [5, 5.41) is 60.7. The van der Waals surface area contributed by atoms with Gasteiger partial charge in [0.15, 0.2) is 23.0 Å². The number of rotatable bonds is 33. The zero-order chi connectivity index (χ0) is 54.7. The summed E-state index contributed by atoms with van der Waals surface area (Å²) in [6.07, 6.45) is 29.9. The predicted octanol–water partition coefficient (Wildman–Crippen LogP) is 15.4. The SMILES string of the molecule is CCCCCCCc1cccc(N=C(CCCC)C(CCCC)=Nc2cccc(CCCCCCC)c2)c1.CCCCc1c(CCC)cc(O)c(O)c1C(=O)[O-].CCCCc1c(CCC)cc(O)c(O)c1C(=O)[O-].[Ni+2]. The molecule has 0 unspecified atom stereocenters. The van der Waals surface area contributed by atoms with E-state index in [2.05, 4.69) is 76.2 Å². The maximum atomic E-state index is 11.1. The summed E-state index contributed by atoms with van der Waals surface area (Å²) in [5.41, 5.74) is 9.60. The largest absolute Gasteiger partial charge is 2.00 e. The van der Waals surface area contributed by atoms with Crippen LogP contribution >= 0.6 is 0 Å². The van der Waals surface area contributed by atoms with Crippen molar-refractivity contribution < 1.29 is 56.7 Å². The van der Waals surface area contributed by atoms with Crippen molar-refractivity contribution in [1.82, 2.24) is 0 Å². The summed E-state index contributed by atoms with van der Waals surface area (Å²) in [4.78, 5) is 32.8. The standard InChI is InChI=1S/C36H56N2.2C14H20O4.Ni/c1-5-9-13-15-17-21-31-23-19-25-33(29-31)37-35(27-11-7-3)36(28-12-8-4)38-34-26-20-24-32(30-34)22-18-16-14-10-6-2;2*1-3-5-7-10-9(6-4-2)8-11(15)13(16)12(10)14(17)18;/h19-20,23-26,29-30H,5-18,21-22,27-28H2,1-4H3;2*8,15-16H,3-7H2,1-2H3,(H,17,18);/q;;;+2/p-2. The second-order valence-electron chi connectivity index (χ2n) is 19.8. The number of aliphatic imine (C=N–C) groups is 2. The smallest absolute Gasteiger partial charge is 0.545 e. The molecule has 0 saturated heterocycles. The molecule has 0 heterocycles. The number of hydrogen-bond acceptors (Lipinski definition) is 10. The van der Waals surface area contributed by atoms with Crippen molar-refractivity contribution in [2.24, 2.45) is 9.98 Å². The Bertz CT molecular complexity index is 2160. The first kappa shape index (κ1) is 67.9. The summed E-state index contributed by atoms with van der Waals surface area (Å²) in [6, 6.07) is 20.8. The molecule has 0 bridgehead atoms. The third-order valence-electron chi connectivity index (χ3n) is 13.3. The molecule has 4 N–H and O–H groups in total. The molecule has 0 aromatic heterocycles. The van der Waals surface area contributed by atoms with Crippen LogP contribution in [-0.2, 0) is 55.0 Å². The minimum Gasteiger partial charge on any atom is -0.545 e. The monoisotopic (exact) mass is 1080 g/mol. The van der Waals surface area contributed by atoms with Crippen LogP contribution in [0.5, 0.6) is 23.0 Å². The van der Waals surface area contributed by atoms with Gasteiger partial charge in [-0.1, -0.05) is 170 Å². The van der Waals surface area contributed by atoms with Gasteiger partial charge in [-0.2, -0.15) is 0 Å². The van der Waals surface area contributed by atoms with Crippen LogP contribution in [-0.4, -0.2) is 43.8 Å². The van der Waals surface area contributed by atoms with E-state index in [1.807, 2.05) is 27.7 Å². The Morgan fingerprint density at radius 3 is 1.08 bits per heavy atom. The van der Waals surface area contributed by atoms with Gasteiger partial charge in [-0.3, -0.25) is 9.98 Å². The number of carbonyl (C=O) groups excluding carboxylic acids is 2. The van der Waals surface area contributed by atoms with Crippen molar-refractivity contribution in [1.29, 1.82) is 0 Å². The van der Waals surface area contributed by atoms with E-state index in [1.54, 1.807) is 0 Å². The molecule has 0 amide bonds. The molecule has 0 radical (unpaired) electrons. The molecule has 0 aliphatic carbocycles. The number of benzene rings is 4. The number of carboxylic acids is 2. The molecule has 75 heavy (non-hydrogen) atoms. The first-order chi connectivity index (χ1) is 35.7. The number of unbranched alkanes of at least 4 members (excludes halogenated alkanes) is 12. The third kappa shape index (κ3) is 25.0. The molecule has 0 aliphatic heterocycles. The van der Waals surface area contributed by atoms with Crippen LogP contribution < -0.4 is 10.2 Å². The van der Waals surface area contributed by atoms with Crippen molar-refractivity contribution in [2.75, 3.05) is 0 Å². The molecule has 0 aliphatic rings. The van der Waals surface area contributed by atoms with E-state index in [0.717, 1.165) is 99.6 Å². The van der Waals surface area contributed by atoms with E-state index >= 15 is 0 Å². The fraction of sp³-hybridized carbons (Fsp3) is 0.562. The molecule has 4 aromatic carbocycles. The summed E-state index contributed by atoms with van der Waals surface area (Å²) >= 11 is 0. The van der Waals surface area contributed by atoms with Crippen molar-refractivity contribution in [3.8, 4) is 23.0 Å². The fourth-order valence-electron chi connectivity index (χ4n) is 9.16. The molecule has 418 valence electrons. The van der Waals surface area contributed by atoms with Crippen molar-refractivity contribution >= 4 is 34.7 Å². The Hall–Kier alpha value is -5.15. The number of carbonyl (C=O) groups is 2. The Morgan fingerprint density at radius 2 is 0.760 bits per heavy atom. The van der Waals surface area contributed by atoms with Crippen LogP contribution in [0.1, 0.15) is 251 Å². The number of phenols is 4. The molecule has 0 spiro atoms. The van der Waals surface area contributed by atoms with E-state index in [4.69, 9.17) is 9.98 Å². The number of aryl methyl sites for hydroxylation is 4. The van der Waals surface area contributed by atoms with Gasteiger partial charge in [0.2, 0.25) is 0 Å². The normalized spacial score (nSPS) is 11.3. The molecule has 0 saturated carbocycles. The van der Waals surface area contributed by atoms with Gasteiger partial charge in [-0.15, -0.1) is 0 Å². The zero-order valence-electron chi connectivity index (χ0n) is 47.2. The third-order valence-corrected chi connectivity index (χ3v) is 13.3. The van der Waals surface area contributed by atoms with Crippen LogP contribution in [0.4, 0.5) is 11.4 Å². The van der Waals surface area contributed by atoms with Crippen molar-refractivity contribution in [3.05, 3.63) is 105 Å². The molecule has 0 atom stereocenters. The van der Waals surface area contributed by atoms with Crippen LogP contribution in [0.3, 0.4) is 0 Å². The van der Waals surface area contributed by atoms with E-state index in [-0.39, 0.29) is 27.6 Å². The Kier molecular flexibility index (Phi) is 36.3. The predicted molar refractivity (Wildman–Crippen MR) is 304 cm³/mol. The van der Waals surface area contributed by atoms with Crippen molar-refractivity contribution in [3.63, 3.8) is 0 Å². The Morgan fingerprint density at radius 1 is 0.413 bits per heavy atom. The zero-order valence-corrected chi connectivity index (χ0v) is 48.2. The quantitative estimate of drug-likeness (QED) is 0.0157. The fourth-order valence-corrected chi connectivity index (χ4v) is 9.16. The van der Waals surface area contributed by atoms with Gasteiger partial charge in [-0.05, 0) is 160 Å². The van der Waals surface area contributed by atoms with Crippen LogP contribution in [0.25, 0.3) is 0 Å². The van der Waals surface area contributed by atoms with Gasteiger partial charge in [0, 0.05) is 11.1 Å². The van der Waals surface area contributed by atoms with Gasteiger partial charge >= 0.3 is 16.5 Å². The molecule has 11 heteroatoms. The molecule has 4 rings (SSSR count). The average molecular weight is 1080 g/mol.